The van der Waals surface area contributed by atoms with E-state index in [1.165, 1.54) is 9.75 Å². The lowest BCUT2D eigenvalue weighted by Gasteiger charge is -2.03. The Kier molecular flexibility index (Phi) is 4.33. The van der Waals surface area contributed by atoms with E-state index in [0.717, 1.165) is 29.8 Å². The van der Waals surface area contributed by atoms with Gasteiger partial charge in [-0.2, -0.15) is 0 Å². The third-order valence-corrected chi connectivity index (χ3v) is 3.89. The molecular formula is C11H16N4S2. The van der Waals surface area contributed by atoms with E-state index in [4.69, 9.17) is 0 Å². The summed E-state index contributed by atoms with van der Waals surface area (Å²) in [5, 5.41) is 8.63. The van der Waals surface area contributed by atoms with Crippen LogP contribution in [0.4, 0.5) is 10.3 Å². The summed E-state index contributed by atoms with van der Waals surface area (Å²) in [4.78, 5) is 11.0. The summed E-state index contributed by atoms with van der Waals surface area (Å²) in [6.45, 7) is 6.00. The lowest BCUT2D eigenvalue weighted by molar-refractivity contribution is 0.906. The van der Waals surface area contributed by atoms with Crippen molar-refractivity contribution in [2.24, 2.45) is 0 Å². The van der Waals surface area contributed by atoms with Gasteiger partial charge in [0.05, 0.1) is 0 Å². The molecule has 2 aromatic rings. The Bertz CT molecular complexity index is 421. The average Bonchev–Trinajstić information content (AvgIpc) is 2.88. The van der Waals surface area contributed by atoms with Crippen LogP contribution in [0.15, 0.2) is 12.4 Å². The number of hydrogen-bond donors (Lipinski definition) is 2. The van der Waals surface area contributed by atoms with E-state index >= 15 is 0 Å². The standard InChI is InChI=1S/C11H16N4S2/c1-8-6-14-10(16-8)12-4-3-5-13-11-15-7-9(2)17-11/h6-7H,3-5H2,1-2H3,(H,12,14)(H,13,15). The Morgan fingerprint density at radius 2 is 1.41 bits per heavy atom. The Morgan fingerprint density at radius 1 is 0.941 bits per heavy atom. The number of anilines is 2. The van der Waals surface area contributed by atoms with Crippen LogP contribution in [-0.4, -0.2) is 23.1 Å². The monoisotopic (exact) mass is 268 g/mol. The molecule has 0 unspecified atom stereocenters. The van der Waals surface area contributed by atoms with Gasteiger partial charge in [0.2, 0.25) is 0 Å². The van der Waals surface area contributed by atoms with Gasteiger partial charge in [0.15, 0.2) is 10.3 Å². The molecule has 2 heterocycles. The molecule has 4 nitrogen and oxygen atoms in total. The van der Waals surface area contributed by atoms with E-state index in [0.29, 0.717) is 0 Å². The first-order valence-corrected chi connectivity index (χ1v) is 7.20. The van der Waals surface area contributed by atoms with E-state index in [2.05, 4.69) is 34.4 Å². The van der Waals surface area contributed by atoms with Crippen LogP contribution in [0, 0.1) is 13.8 Å². The third-order valence-electron chi connectivity index (χ3n) is 2.15. The van der Waals surface area contributed by atoms with Crippen molar-refractivity contribution >= 4 is 32.9 Å². The van der Waals surface area contributed by atoms with Gasteiger partial charge in [0.25, 0.3) is 0 Å². The maximum absolute atomic E-state index is 4.25. The van der Waals surface area contributed by atoms with Crippen LogP contribution >= 0.6 is 22.7 Å². The lowest BCUT2D eigenvalue weighted by Crippen LogP contribution is -2.08. The molecule has 0 aromatic carbocycles. The summed E-state index contributed by atoms with van der Waals surface area (Å²) in [5.41, 5.74) is 0. The summed E-state index contributed by atoms with van der Waals surface area (Å²) in [7, 11) is 0. The maximum atomic E-state index is 4.25. The first kappa shape index (κ1) is 12.3. The summed E-state index contributed by atoms with van der Waals surface area (Å²) in [6.07, 6.45) is 4.84. The number of aromatic nitrogens is 2. The Morgan fingerprint density at radius 3 is 1.76 bits per heavy atom. The molecule has 0 aliphatic rings. The summed E-state index contributed by atoms with van der Waals surface area (Å²) >= 11 is 3.39. The Labute approximate surface area is 109 Å². The van der Waals surface area contributed by atoms with E-state index in [-0.39, 0.29) is 0 Å². The molecule has 0 atom stereocenters. The molecule has 0 fully saturated rings. The van der Waals surface area contributed by atoms with Gasteiger partial charge in [-0.05, 0) is 20.3 Å². The molecule has 2 rings (SSSR count). The van der Waals surface area contributed by atoms with Crippen LogP contribution in [0.25, 0.3) is 0 Å². The molecule has 17 heavy (non-hydrogen) atoms. The fourth-order valence-corrected chi connectivity index (χ4v) is 2.73. The zero-order valence-corrected chi connectivity index (χ0v) is 11.6. The molecule has 6 heteroatoms. The molecule has 0 bridgehead atoms. The zero-order chi connectivity index (χ0) is 12.1. The van der Waals surface area contributed by atoms with Crippen LogP contribution in [-0.2, 0) is 0 Å². The van der Waals surface area contributed by atoms with E-state index in [1.54, 1.807) is 22.7 Å². The molecule has 0 aliphatic heterocycles. The Hall–Kier alpha value is -1.14. The molecule has 0 aliphatic carbocycles. The smallest absolute Gasteiger partial charge is 0.182 e. The second-order valence-electron chi connectivity index (χ2n) is 3.76. The van der Waals surface area contributed by atoms with Gasteiger partial charge >= 0.3 is 0 Å². The molecule has 2 aromatic heterocycles. The van der Waals surface area contributed by atoms with Gasteiger partial charge in [-0.1, -0.05) is 0 Å². The van der Waals surface area contributed by atoms with Gasteiger partial charge in [-0.15, -0.1) is 22.7 Å². The van der Waals surface area contributed by atoms with Gasteiger partial charge in [-0.25, -0.2) is 9.97 Å². The Balaban J connectivity index is 1.60. The lowest BCUT2D eigenvalue weighted by atomic mass is 10.4. The fraction of sp³-hybridized carbons (Fsp3) is 0.455. The highest BCUT2D eigenvalue weighted by molar-refractivity contribution is 7.15. The first-order valence-electron chi connectivity index (χ1n) is 5.56. The zero-order valence-electron chi connectivity index (χ0n) is 9.99. The average molecular weight is 268 g/mol. The van der Waals surface area contributed by atoms with Crippen LogP contribution in [0.3, 0.4) is 0 Å². The van der Waals surface area contributed by atoms with E-state index < -0.39 is 0 Å². The molecule has 0 saturated carbocycles. The first-order chi connectivity index (χ1) is 8.24. The minimum absolute atomic E-state index is 0.935. The second kappa shape index (κ2) is 5.97. The number of rotatable bonds is 6. The molecule has 2 N–H and O–H groups in total. The van der Waals surface area contributed by atoms with Gasteiger partial charge in [0.1, 0.15) is 0 Å². The van der Waals surface area contributed by atoms with Crippen LogP contribution in [0.1, 0.15) is 16.2 Å². The normalized spacial score (nSPS) is 10.5. The predicted octanol–water partition coefficient (Wildman–Crippen LogP) is 3.13. The van der Waals surface area contributed by atoms with Crippen molar-refractivity contribution in [3.8, 4) is 0 Å². The van der Waals surface area contributed by atoms with Crippen molar-refractivity contribution in [1.29, 1.82) is 0 Å². The van der Waals surface area contributed by atoms with Crippen molar-refractivity contribution in [3.63, 3.8) is 0 Å². The molecular weight excluding hydrogens is 252 g/mol. The minimum Gasteiger partial charge on any atom is -0.361 e. The summed E-state index contributed by atoms with van der Waals surface area (Å²) < 4.78 is 0. The number of nitrogens with zero attached hydrogens (tertiary/aromatic N) is 2. The molecule has 0 saturated heterocycles. The summed E-state index contributed by atoms with van der Waals surface area (Å²) in [5.74, 6) is 0. The molecule has 0 amide bonds. The van der Waals surface area contributed by atoms with Crippen LogP contribution < -0.4 is 10.6 Å². The van der Waals surface area contributed by atoms with Crippen molar-refractivity contribution in [2.45, 2.75) is 20.3 Å². The van der Waals surface area contributed by atoms with Crippen molar-refractivity contribution in [1.82, 2.24) is 9.97 Å². The molecule has 0 spiro atoms. The maximum Gasteiger partial charge on any atom is 0.182 e. The third kappa shape index (κ3) is 3.98. The van der Waals surface area contributed by atoms with Gasteiger partial charge in [-0.3, -0.25) is 0 Å². The fourth-order valence-electron chi connectivity index (χ4n) is 1.35. The number of aryl methyl sites for hydroxylation is 2. The van der Waals surface area contributed by atoms with E-state index in [9.17, 15) is 0 Å². The van der Waals surface area contributed by atoms with E-state index in [1.807, 2.05) is 12.4 Å². The number of nitrogens with one attached hydrogen (secondary N) is 2. The van der Waals surface area contributed by atoms with Gasteiger partial charge in [0, 0.05) is 35.2 Å². The predicted molar refractivity (Wildman–Crippen MR) is 75.3 cm³/mol. The van der Waals surface area contributed by atoms with Crippen molar-refractivity contribution in [2.75, 3.05) is 23.7 Å². The number of thiazole rings is 2. The topological polar surface area (TPSA) is 49.8 Å². The second-order valence-corrected chi connectivity index (χ2v) is 6.23. The van der Waals surface area contributed by atoms with Crippen molar-refractivity contribution in [3.05, 3.63) is 22.1 Å². The molecule has 92 valence electrons. The quantitative estimate of drug-likeness (QED) is 0.790. The highest BCUT2D eigenvalue weighted by Crippen LogP contribution is 2.17. The minimum atomic E-state index is 0.935. The SMILES string of the molecule is Cc1cnc(NCCCNc2ncc(C)s2)s1. The largest absolute Gasteiger partial charge is 0.361 e. The van der Waals surface area contributed by atoms with Gasteiger partial charge < -0.3 is 10.6 Å². The number of hydrogen-bond acceptors (Lipinski definition) is 6. The highest BCUT2D eigenvalue weighted by Gasteiger charge is 1.98. The van der Waals surface area contributed by atoms with Crippen molar-refractivity contribution < 1.29 is 0 Å². The summed E-state index contributed by atoms with van der Waals surface area (Å²) in [6, 6.07) is 0. The molecule has 0 radical (unpaired) electrons. The van der Waals surface area contributed by atoms with Crippen LogP contribution in [0.2, 0.25) is 0 Å². The van der Waals surface area contributed by atoms with Crippen LogP contribution in [0.5, 0.6) is 0 Å². The highest BCUT2D eigenvalue weighted by atomic mass is 32.1.